The lowest BCUT2D eigenvalue weighted by atomic mass is 10.1. The Morgan fingerprint density at radius 2 is 1.50 bits per heavy atom. The lowest BCUT2D eigenvalue weighted by Gasteiger charge is -2.20. The highest BCUT2D eigenvalue weighted by Crippen LogP contribution is 2.16. The van der Waals surface area contributed by atoms with Crippen molar-refractivity contribution >= 4 is 29.8 Å². The summed E-state index contributed by atoms with van der Waals surface area (Å²) in [5.41, 5.74) is 5.32. The first-order valence-electron chi connectivity index (χ1n) is 11.0. The molecule has 3 aromatic rings. The van der Waals surface area contributed by atoms with Crippen molar-refractivity contribution in [1.29, 1.82) is 0 Å². The smallest absolute Gasteiger partial charge is 0.287 e. The van der Waals surface area contributed by atoms with E-state index in [4.69, 9.17) is 0 Å². The van der Waals surface area contributed by atoms with E-state index in [0.717, 1.165) is 24.3 Å². The van der Waals surface area contributed by atoms with Crippen molar-refractivity contribution in [3.8, 4) is 0 Å². The average Bonchev–Trinajstić information content (AvgIpc) is 2.87. The molecule has 0 aromatic heterocycles. The van der Waals surface area contributed by atoms with Gasteiger partial charge >= 0.3 is 0 Å². The van der Waals surface area contributed by atoms with E-state index in [1.54, 1.807) is 30.3 Å². The molecule has 0 aliphatic rings. The van der Waals surface area contributed by atoms with E-state index >= 15 is 0 Å². The maximum absolute atomic E-state index is 13.1. The molecule has 2 N–H and O–H groups in total. The van der Waals surface area contributed by atoms with Gasteiger partial charge in [0.2, 0.25) is 0 Å². The topological polar surface area (TPSA) is 73.8 Å². The molecule has 0 fully saturated rings. The highest BCUT2D eigenvalue weighted by Gasteiger charge is 2.14. The van der Waals surface area contributed by atoms with Gasteiger partial charge in [0.15, 0.2) is 0 Å². The molecule has 0 unspecified atom stereocenters. The summed E-state index contributed by atoms with van der Waals surface area (Å²) in [4.78, 5) is 27.7. The van der Waals surface area contributed by atoms with Crippen LogP contribution in [0.15, 0.2) is 89.7 Å². The summed E-state index contributed by atoms with van der Waals surface area (Å²) in [6.07, 6.45) is 2.99. The van der Waals surface area contributed by atoms with Crippen LogP contribution in [0.4, 0.5) is 10.1 Å². The van der Waals surface area contributed by atoms with Crippen LogP contribution in [0.3, 0.4) is 0 Å². The van der Waals surface area contributed by atoms with Crippen molar-refractivity contribution in [2.75, 3.05) is 18.0 Å². The SMILES string of the molecule is CCN(CC)c1ccc(/C=C(\NC(=O)c2ccccc2)C(=O)N/N=C/c2ccc(F)cc2)cc1. The molecule has 3 rings (SSSR count). The number of anilines is 1. The Hall–Kier alpha value is -4.26. The maximum atomic E-state index is 13.1. The Balaban J connectivity index is 1.81. The van der Waals surface area contributed by atoms with Crippen LogP contribution in [0.25, 0.3) is 6.08 Å². The highest BCUT2D eigenvalue weighted by atomic mass is 19.1. The summed E-state index contributed by atoms with van der Waals surface area (Å²) < 4.78 is 13.1. The number of rotatable bonds is 9. The van der Waals surface area contributed by atoms with E-state index in [0.29, 0.717) is 11.1 Å². The molecule has 0 saturated carbocycles. The normalized spacial score (nSPS) is 11.3. The second-order valence-corrected chi connectivity index (χ2v) is 7.39. The largest absolute Gasteiger partial charge is 0.372 e. The number of benzene rings is 3. The van der Waals surface area contributed by atoms with Crippen LogP contribution in [0.1, 0.15) is 35.3 Å². The third-order valence-corrected chi connectivity index (χ3v) is 5.11. The molecule has 0 heterocycles. The molecule has 0 aliphatic carbocycles. The monoisotopic (exact) mass is 458 g/mol. The van der Waals surface area contributed by atoms with Crippen LogP contribution in [0.5, 0.6) is 0 Å². The van der Waals surface area contributed by atoms with E-state index in [1.807, 2.05) is 30.3 Å². The number of amides is 2. The Labute approximate surface area is 198 Å². The third-order valence-electron chi connectivity index (χ3n) is 5.11. The van der Waals surface area contributed by atoms with Crippen molar-refractivity contribution in [3.05, 3.63) is 107 Å². The third kappa shape index (κ3) is 6.87. The van der Waals surface area contributed by atoms with E-state index in [-0.39, 0.29) is 11.5 Å². The summed E-state index contributed by atoms with van der Waals surface area (Å²) in [7, 11) is 0. The van der Waals surface area contributed by atoms with E-state index in [2.05, 4.69) is 34.6 Å². The first-order valence-corrected chi connectivity index (χ1v) is 11.0. The van der Waals surface area contributed by atoms with Crippen molar-refractivity contribution < 1.29 is 14.0 Å². The summed E-state index contributed by atoms with van der Waals surface area (Å²) >= 11 is 0. The second kappa shape index (κ2) is 12.1. The molecule has 0 saturated heterocycles. The van der Waals surface area contributed by atoms with Crippen LogP contribution in [-0.4, -0.2) is 31.1 Å². The average molecular weight is 459 g/mol. The van der Waals surface area contributed by atoms with Crippen molar-refractivity contribution in [2.45, 2.75) is 13.8 Å². The zero-order valence-corrected chi connectivity index (χ0v) is 19.2. The quantitative estimate of drug-likeness (QED) is 0.280. The highest BCUT2D eigenvalue weighted by molar-refractivity contribution is 6.05. The van der Waals surface area contributed by atoms with Gasteiger partial charge in [-0.15, -0.1) is 0 Å². The first kappa shape index (κ1) is 24.4. The molecule has 0 bridgehead atoms. The molecule has 0 atom stereocenters. The molecule has 0 radical (unpaired) electrons. The fraction of sp³-hybridized carbons (Fsp3) is 0.148. The van der Waals surface area contributed by atoms with Crippen LogP contribution in [-0.2, 0) is 4.79 Å². The minimum Gasteiger partial charge on any atom is -0.372 e. The fourth-order valence-corrected chi connectivity index (χ4v) is 3.25. The van der Waals surface area contributed by atoms with Gasteiger partial charge in [-0.3, -0.25) is 9.59 Å². The molecule has 34 heavy (non-hydrogen) atoms. The number of hydrazone groups is 1. The number of nitrogens with one attached hydrogen (secondary N) is 2. The predicted octanol–water partition coefficient (Wildman–Crippen LogP) is 4.59. The molecule has 174 valence electrons. The van der Waals surface area contributed by atoms with Gasteiger partial charge in [-0.1, -0.05) is 42.5 Å². The van der Waals surface area contributed by atoms with Gasteiger partial charge in [0, 0.05) is 24.3 Å². The van der Waals surface area contributed by atoms with Crippen molar-refractivity contribution in [3.63, 3.8) is 0 Å². The second-order valence-electron chi connectivity index (χ2n) is 7.39. The number of halogens is 1. The minimum atomic E-state index is -0.588. The number of hydrogen-bond acceptors (Lipinski definition) is 4. The lowest BCUT2D eigenvalue weighted by Crippen LogP contribution is -2.32. The first-order chi connectivity index (χ1) is 16.5. The van der Waals surface area contributed by atoms with Crippen LogP contribution in [0, 0.1) is 5.82 Å². The summed E-state index contributed by atoms with van der Waals surface area (Å²) in [5.74, 6) is -1.36. The standard InChI is InChI=1S/C27H27FN4O2/c1-3-32(4-2)24-16-12-20(13-17-24)18-25(30-26(33)22-8-6-5-7-9-22)27(34)31-29-19-21-10-14-23(28)15-11-21/h5-19H,3-4H2,1-2H3,(H,30,33)(H,31,34)/b25-18-,29-19+. The minimum absolute atomic E-state index is 0.0423. The number of nitrogens with zero attached hydrogens (tertiary/aromatic N) is 2. The molecule has 7 heteroatoms. The fourth-order valence-electron chi connectivity index (χ4n) is 3.25. The van der Waals surface area contributed by atoms with Crippen molar-refractivity contribution in [2.24, 2.45) is 5.10 Å². The van der Waals surface area contributed by atoms with E-state index in [1.165, 1.54) is 30.5 Å². The predicted molar refractivity (Wildman–Crippen MR) is 134 cm³/mol. The van der Waals surface area contributed by atoms with Crippen LogP contribution >= 0.6 is 0 Å². The zero-order valence-electron chi connectivity index (χ0n) is 19.2. The van der Waals surface area contributed by atoms with E-state index < -0.39 is 11.8 Å². The molecule has 0 spiro atoms. The number of carbonyl (C=O) groups is 2. The van der Waals surface area contributed by atoms with Gasteiger partial charge in [-0.25, -0.2) is 9.82 Å². The summed E-state index contributed by atoms with van der Waals surface area (Å²) in [6.45, 7) is 5.95. The van der Waals surface area contributed by atoms with Gasteiger partial charge in [-0.2, -0.15) is 5.10 Å². The molecular weight excluding hydrogens is 431 g/mol. The van der Waals surface area contributed by atoms with Gasteiger partial charge in [-0.05, 0) is 67.4 Å². The Bertz CT molecular complexity index is 1150. The van der Waals surface area contributed by atoms with Gasteiger partial charge in [0.1, 0.15) is 11.5 Å². The summed E-state index contributed by atoms with van der Waals surface area (Å²) in [6, 6.07) is 22.0. The molecular formula is C27H27FN4O2. The van der Waals surface area contributed by atoms with Gasteiger partial charge in [0.05, 0.1) is 6.21 Å². The number of hydrogen-bond donors (Lipinski definition) is 2. The van der Waals surface area contributed by atoms with Crippen molar-refractivity contribution in [1.82, 2.24) is 10.7 Å². The van der Waals surface area contributed by atoms with E-state index in [9.17, 15) is 14.0 Å². The van der Waals surface area contributed by atoms with Crippen LogP contribution in [0.2, 0.25) is 0 Å². The Kier molecular flexibility index (Phi) is 8.68. The van der Waals surface area contributed by atoms with Gasteiger partial charge in [0.25, 0.3) is 11.8 Å². The zero-order chi connectivity index (χ0) is 24.3. The summed E-state index contributed by atoms with van der Waals surface area (Å²) in [5, 5.41) is 6.60. The van der Waals surface area contributed by atoms with Crippen LogP contribution < -0.4 is 15.6 Å². The number of carbonyl (C=O) groups excluding carboxylic acids is 2. The van der Waals surface area contributed by atoms with Gasteiger partial charge < -0.3 is 10.2 Å². The molecule has 3 aromatic carbocycles. The lowest BCUT2D eigenvalue weighted by molar-refractivity contribution is -0.117. The molecule has 2 amide bonds. The molecule has 6 nitrogen and oxygen atoms in total. The Morgan fingerprint density at radius 3 is 2.12 bits per heavy atom. The Morgan fingerprint density at radius 1 is 0.882 bits per heavy atom. The maximum Gasteiger partial charge on any atom is 0.287 e. The molecule has 0 aliphatic heterocycles.